The molecule has 8 nitrogen and oxygen atoms in total. The molecule has 3 N–H and O–H groups in total. The maximum absolute atomic E-state index is 14.1. The predicted octanol–water partition coefficient (Wildman–Crippen LogP) is 2.95. The number of hydrogen-bond acceptors (Lipinski definition) is 5. The van der Waals surface area contributed by atoms with E-state index in [-0.39, 0.29) is 30.7 Å². The number of para-hydroxylation sites is 1. The fourth-order valence-corrected chi connectivity index (χ4v) is 6.01. The molecule has 38 heavy (non-hydrogen) atoms. The molecule has 9 heteroatoms. The summed E-state index contributed by atoms with van der Waals surface area (Å²) in [5.41, 5.74) is 2.44. The molecule has 2 aliphatic heterocycles. The number of hydrogen-bond donors (Lipinski definition) is 3. The summed E-state index contributed by atoms with van der Waals surface area (Å²) >= 11 is 1.47. The Morgan fingerprint density at radius 3 is 2.32 bits per heavy atom. The Morgan fingerprint density at radius 1 is 0.921 bits per heavy atom. The highest BCUT2D eigenvalue weighted by Gasteiger charge is 2.41. The van der Waals surface area contributed by atoms with Crippen molar-refractivity contribution in [1.29, 1.82) is 0 Å². The van der Waals surface area contributed by atoms with Crippen LogP contribution in [0.2, 0.25) is 0 Å². The van der Waals surface area contributed by atoms with Crippen LogP contribution in [0.4, 0.5) is 5.69 Å². The maximum Gasteiger partial charge on any atom is 0.251 e. The number of fused-ring (bicyclic) bond motifs is 1. The molecule has 1 fully saturated rings. The summed E-state index contributed by atoms with van der Waals surface area (Å²) in [5, 5.41) is 8.04. The highest BCUT2D eigenvalue weighted by Crippen LogP contribution is 2.45. The van der Waals surface area contributed by atoms with Crippen molar-refractivity contribution in [2.75, 3.05) is 11.4 Å². The molecule has 0 radical (unpaired) electrons. The van der Waals surface area contributed by atoms with Gasteiger partial charge in [0, 0.05) is 17.9 Å². The van der Waals surface area contributed by atoms with Gasteiger partial charge in [-0.3, -0.25) is 19.2 Å². The molecule has 4 amide bonds. The Labute approximate surface area is 225 Å². The molecule has 0 saturated carbocycles. The van der Waals surface area contributed by atoms with Gasteiger partial charge in [-0.25, -0.2) is 0 Å². The fraction of sp³-hybridized carbons (Fsp3) is 0.241. The number of nitrogens with one attached hydrogen (secondary N) is 3. The largest absolute Gasteiger partial charge is 0.350 e. The van der Waals surface area contributed by atoms with Gasteiger partial charge >= 0.3 is 0 Å². The number of anilines is 1. The number of thioether (sulfide) groups is 1. The van der Waals surface area contributed by atoms with Crippen molar-refractivity contribution in [1.82, 2.24) is 16.0 Å². The van der Waals surface area contributed by atoms with E-state index in [2.05, 4.69) is 16.0 Å². The van der Waals surface area contributed by atoms with Gasteiger partial charge in [-0.15, -0.1) is 11.8 Å². The predicted molar refractivity (Wildman–Crippen MR) is 145 cm³/mol. The highest BCUT2D eigenvalue weighted by atomic mass is 32.2. The van der Waals surface area contributed by atoms with Crippen molar-refractivity contribution < 1.29 is 19.2 Å². The van der Waals surface area contributed by atoms with Crippen molar-refractivity contribution >= 4 is 41.1 Å². The van der Waals surface area contributed by atoms with E-state index < -0.39 is 23.2 Å². The van der Waals surface area contributed by atoms with Gasteiger partial charge in [0.2, 0.25) is 17.7 Å². The van der Waals surface area contributed by atoms with Crippen LogP contribution in [0.25, 0.3) is 0 Å². The fourth-order valence-electron chi connectivity index (χ4n) is 4.67. The molecule has 194 valence electrons. The second-order valence-corrected chi connectivity index (χ2v) is 10.4. The monoisotopic (exact) mass is 528 g/mol. The van der Waals surface area contributed by atoms with Gasteiger partial charge in [0.15, 0.2) is 0 Å². The first-order valence-corrected chi connectivity index (χ1v) is 13.4. The van der Waals surface area contributed by atoms with Gasteiger partial charge in [-0.05, 0) is 29.7 Å². The van der Waals surface area contributed by atoms with Crippen LogP contribution >= 0.6 is 11.8 Å². The minimum atomic E-state index is -0.957. The molecular weight excluding hydrogens is 500 g/mol. The summed E-state index contributed by atoms with van der Waals surface area (Å²) in [4.78, 5) is 54.4. The minimum absolute atomic E-state index is 0.185. The Morgan fingerprint density at radius 2 is 1.61 bits per heavy atom. The van der Waals surface area contributed by atoms with Crippen molar-refractivity contribution in [2.24, 2.45) is 0 Å². The molecule has 3 aromatic rings. The second kappa shape index (κ2) is 11.5. The van der Waals surface area contributed by atoms with Crippen LogP contribution in [0.15, 0.2) is 89.8 Å². The molecule has 3 atom stereocenters. The van der Waals surface area contributed by atoms with Crippen LogP contribution in [0, 0.1) is 0 Å². The van der Waals surface area contributed by atoms with Crippen LogP contribution in [0.1, 0.15) is 29.2 Å². The van der Waals surface area contributed by atoms with Gasteiger partial charge < -0.3 is 20.9 Å². The molecule has 0 bridgehead atoms. The molecule has 0 aromatic heterocycles. The standard InChI is InChI=1S/C29H28N4O4S/c34-24-16-15-21(31-24)28(36)32-26-27(20-11-5-2-6-12-20)38-23-14-8-7-13-22(23)33(29(26)37)18-25(35)30-17-19-9-3-1-4-10-19/h1-14,21,26-27H,15-18H2,(H,30,35)(H,31,34)(H,32,36)/t21-,26+,27+/m0/s1. The van der Waals surface area contributed by atoms with Crippen molar-refractivity contribution in [2.45, 2.75) is 41.6 Å². The molecule has 0 aliphatic carbocycles. The van der Waals surface area contributed by atoms with Gasteiger partial charge in [0.05, 0.1) is 10.9 Å². The SMILES string of the molecule is O=C(CN1C(=O)[C@H](NC(=O)[C@@H]2CCC(=O)N2)[C@@H](c2ccccc2)Sc2ccccc21)NCc1ccccc1. The van der Waals surface area contributed by atoms with Crippen LogP contribution in [-0.2, 0) is 25.7 Å². The van der Waals surface area contributed by atoms with E-state index in [1.54, 1.807) is 0 Å². The number of carbonyl (C=O) groups excluding carboxylic acids is 4. The topological polar surface area (TPSA) is 108 Å². The second-order valence-electron chi connectivity index (χ2n) is 9.25. The average molecular weight is 529 g/mol. The van der Waals surface area contributed by atoms with E-state index in [4.69, 9.17) is 0 Å². The third-order valence-corrected chi connectivity index (χ3v) is 8.01. The first-order chi connectivity index (χ1) is 18.5. The summed E-state index contributed by atoms with van der Waals surface area (Å²) < 4.78 is 0. The van der Waals surface area contributed by atoms with Crippen molar-refractivity contribution in [3.05, 3.63) is 96.1 Å². The molecule has 0 spiro atoms. The van der Waals surface area contributed by atoms with Gasteiger partial charge in [0.1, 0.15) is 18.6 Å². The average Bonchev–Trinajstić information content (AvgIpc) is 3.35. The Balaban J connectivity index is 1.44. The van der Waals surface area contributed by atoms with E-state index in [0.717, 1.165) is 16.0 Å². The van der Waals surface area contributed by atoms with Crippen molar-refractivity contribution in [3.8, 4) is 0 Å². The minimum Gasteiger partial charge on any atom is -0.350 e. The molecule has 2 heterocycles. The van der Waals surface area contributed by atoms with Crippen molar-refractivity contribution in [3.63, 3.8) is 0 Å². The lowest BCUT2D eigenvalue weighted by Crippen LogP contribution is -2.55. The zero-order chi connectivity index (χ0) is 26.5. The zero-order valence-electron chi connectivity index (χ0n) is 20.6. The first kappa shape index (κ1) is 25.5. The van der Waals surface area contributed by atoms with E-state index >= 15 is 0 Å². The number of carbonyl (C=O) groups is 4. The molecule has 5 rings (SSSR count). The van der Waals surface area contributed by atoms with E-state index in [0.29, 0.717) is 18.7 Å². The van der Waals surface area contributed by atoms with Gasteiger partial charge in [-0.2, -0.15) is 0 Å². The van der Waals surface area contributed by atoms with Gasteiger partial charge in [0.25, 0.3) is 5.91 Å². The Kier molecular flexibility index (Phi) is 7.74. The van der Waals surface area contributed by atoms with Gasteiger partial charge in [-0.1, -0.05) is 72.8 Å². The van der Waals surface area contributed by atoms with E-state index in [1.165, 1.54) is 16.7 Å². The lowest BCUT2D eigenvalue weighted by Gasteiger charge is -2.29. The number of amides is 4. The number of benzene rings is 3. The van der Waals surface area contributed by atoms with Crippen LogP contribution < -0.4 is 20.9 Å². The van der Waals surface area contributed by atoms with Crippen LogP contribution in [0.5, 0.6) is 0 Å². The Hall–Kier alpha value is -4.11. The Bertz CT molecular complexity index is 1330. The van der Waals surface area contributed by atoms with Crippen LogP contribution in [-0.4, -0.2) is 42.3 Å². The zero-order valence-corrected chi connectivity index (χ0v) is 21.4. The molecule has 1 saturated heterocycles. The summed E-state index contributed by atoms with van der Waals surface area (Å²) in [5.74, 6) is -1.29. The van der Waals surface area contributed by atoms with E-state index in [1.807, 2.05) is 84.9 Å². The number of rotatable bonds is 7. The maximum atomic E-state index is 14.1. The summed E-state index contributed by atoms with van der Waals surface area (Å²) in [6, 6.07) is 24.9. The highest BCUT2D eigenvalue weighted by molar-refractivity contribution is 7.99. The lowest BCUT2D eigenvalue weighted by atomic mass is 10.0. The van der Waals surface area contributed by atoms with Crippen LogP contribution in [0.3, 0.4) is 0 Å². The summed E-state index contributed by atoms with van der Waals surface area (Å²) in [7, 11) is 0. The molecule has 2 aliphatic rings. The summed E-state index contributed by atoms with van der Waals surface area (Å²) in [6.07, 6.45) is 0.646. The quantitative estimate of drug-likeness (QED) is 0.437. The summed E-state index contributed by atoms with van der Waals surface area (Å²) in [6.45, 7) is 0.142. The smallest absolute Gasteiger partial charge is 0.251 e. The third-order valence-electron chi connectivity index (χ3n) is 6.62. The first-order valence-electron chi connectivity index (χ1n) is 12.5. The molecule has 0 unspecified atom stereocenters. The molecule has 3 aromatic carbocycles. The van der Waals surface area contributed by atoms with E-state index in [9.17, 15) is 19.2 Å². The lowest BCUT2D eigenvalue weighted by molar-refractivity contribution is -0.130. The normalized spacial score (nSPS) is 20.7. The number of nitrogens with zero attached hydrogens (tertiary/aromatic N) is 1. The third kappa shape index (κ3) is 5.73. The molecular formula is C29H28N4O4S.